The molecule has 9 nitrogen and oxygen atoms in total. The SMILES string of the molecule is CN(C)S(=O)(=O)c1ccc(COC(=O)c2ccc(CN3C(=O)c4ccccc4C3=O)cc2)o1. The van der Waals surface area contributed by atoms with Gasteiger partial charge in [0, 0.05) is 14.1 Å². The molecule has 0 saturated heterocycles. The van der Waals surface area contributed by atoms with Crippen molar-refractivity contribution >= 4 is 27.8 Å². The number of furan rings is 1. The third kappa shape index (κ3) is 4.30. The molecule has 4 rings (SSSR count). The van der Waals surface area contributed by atoms with E-state index in [2.05, 4.69) is 0 Å². The quantitative estimate of drug-likeness (QED) is 0.387. The van der Waals surface area contributed by atoms with Crippen molar-refractivity contribution in [1.82, 2.24) is 9.21 Å². The van der Waals surface area contributed by atoms with Crippen LogP contribution in [0.1, 0.15) is 42.4 Å². The fourth-order valence-corrected chi connectivity index (χ4v) is 4.10. The second-order valence-electron chi connectivity index (χ2n) is 7.52. The largest absolute Gasteiger partial charge is 0.454 e. The fourth-order valence-electron chi connectivity index (χ4n) is 3.29. The zero-order chi connectivity index (χ0) is 23.8. The molecule has 1 aromatic heterocycles. The summed E-state index contributed by atoms with van der Waals surface area (Å²) in [5.74, 6) is -1.15. The van der Waals surface area contributed by atoms with Gasteiger partial charge in [0.2, 0.25) is 5.09 Å². The number of amides is 2. The van der Waals surface area contributed by atoms with Crippen molar-refractivity contribution < 1.29 is 32.0 Å². The molecule has 2 heterocycles. The van der Waals surface area contributed by atoms with Crippen LogP contribution in [0.25, 0.3) is 0 Å². The third-order valence-electron chi connectivity index (χ3n) is 5.13. The number of esters is 1. The van der Waals surface area contributed by atoms with Crippen molar-refractivity contribution in [3.05, 3.63) is 88.7 Å². The van der Waals surface area contributed by atoms with Gasteiger partial charge in [0.25, 0.3) is 21.8 Å². The number of rotatable bonds is 7. The molecular formula is C23H20N2O7S. The molecule has 0 unspecified atom stereocenters. The van der Waals surface area contributed by atoms with Crippen LogP contribution in [0.4, 0.5) is 0 Å². The number of hydrogen-bond donors (Lipinski definition) is 0. The molecule has 170 valence electrons. The number of benzene rings is 2. The highest BCUT2D eigenvalue weighted by Gasteiger charge is 2.34. The number of hydrogen-bond acceptors (Lipinski definition) is 7. The van der Waals surface area contributed by atoms with Crippen molar-refractivity contribution in [3.8, 4) is 0 Å². The van der Waals surface area contributed by atoms with E-state index in [1.54, 1.807) is 36.4 Å². The van der Waals surface area contributed by atoms with Crippen molar-refractivity contribution in [2.45, 2.75) is 18.2 Å². The van der Waals surface area contributed by atoms with Crippen LogP contribution in [0.3, 0.4) is 0 Å². The Morgan fingerprint density at radius 1 is 0.939 bits per heavy atom. The van der Waals surface area contributed by atoms with Gasteiger partial charge in [-0.1, -0.05) is 24.3 Å². The molecule has 0 radical (unpaired) electrons. The number of carbonyl (C=O) groups excluding carboxylic acids is 3. The van der Waals surface area contributed by atoms with Gasteiger partial charge in [-0.15, -0.1) is 0 Å². The number of imide groups is 1. The van der Waals surface area contributed by atoms with E-state index in [0.717, 1.165) is 9.21 Å². The lowest BCUT2D eigenvalue weighted by molar-refractivity contribution is 0.0439. The molecule has 1 aliphatic heterocycles. The summed E-state index contributed by atoms with van der Waals surface area (Å²) < 4.78 is 35.6. The number of fused-ring (bicyclic) bond motifs is 1. The van der Waals surface area contributed by atoms with E-state index in [4.69, 9.17) is 9.15 Å². The summed E-state index contributed by atoms with van der Waals surface area (Å²) in [6, 6.07) is 15.7. The monoisotopic (exact) mass is 468 g/mol. The van der Waals surface area contributed by atoms with Crippen LogP contribution in [-0.2, 0) is 27.9 Å². The van der Waals surface area contributed by atoms with E-state index in [1.807, 2.05) is 0 Å². The molecule has 3 aromatic rings. The summed E-state index contributed by atoms with van der Waals surface area (Å²) in [5, 5.41) is -0.240. The molecule has 0 atom stereocenters. The Morgan fingerprint density at radius 2 is 1.55 bits per heavy atom. The molecule has 0 bridgehead atoms. The lowest BCUT2D eigenvalue weighted by Crippen LogP contribution is -2.29. The van der Waals surface area contributed by atoms with E-state index in [-0.39, 0.29) is 41.4 Å². The normalized spacial score (nSPS) is 13.5. The average molecular weight is 468 g/mol. The topological polar surface area (TPSA) is 114 Å². The summed E-state index contributed by atoms with van der Waals surface area (Å²) in [7, 11) is -0.944. The summed E-state index contributed by atoms with van der Waals surface area (Å²) in [6.07, 6.45) is 0. The van der Waals surface area contributed by atoms with Crippen LogP contribution >= 0.6 is 0 Å². The van der Waals surface area contributed by atoms with Gasteiger partial charge in [0.1, 0.15) is 12.4 Å². The van der Waals surface area contributed by atoms with Gasteiger partial charge in [-0.05, 0) is 42.0 Å². The van der Waals surface area contributed by atoms with Gasteiger partial charge in [-0.25, -0.2) is 17.5 Å². The first-order chi connectivity index (χ1) is 15.7. The van der Waals surface area contributed by atoms with Crippen LogP contribution < -0.4 is 0 Å². The molecule has 0 saturated carbocycles. The summed E-state index contributed by atoms with van der Waals surface area (Å²) in [5.41, 5.74) is 1.68. The first-order valence-electron chi connectivity index (χ1n) is 9.91. The van der Waals surface area contributed by atoms with E-state index in [1.165, 1.54) is 38.4 Å². The average Bonchev–Trinajstić information content (AvgIpc) is 3.38. The molecule has 2 aromatic carbocycles. The van der Waals surface area contributed by atoms with Gasteiger partial charge in [-0.3, -0.25) is 14.5 Å². The number of ether oxygens (including phenoxy) is 1. The number of sulfonamides is 1. The van der Waals surface area contributed by atoms with Gasteiger partial charge in [0.15, 0.2) is 0 Å². The molecule has 0 N–H and O–H groups in total. The summed E-state index contributed by atoms with van der Waals surface area (Å²) in [6.45, 7) is -0.157. The van der Waals surface area contributed by atoms with Crippen molar-refractivity contribution in [1.29, 1.82) is 0 Å². The zero-order valence-electron chi connectivity index (χ0n) is 17.8. The number of carbonyl (C=O) groups is 3. The maximum atomic E-state index is 12.5. The van der Waals surface area contributed by atoms with Crippen molar-refractivity contribution in [2.24, 2.45) is 0 Å². The Bertz CT molecular complexity index is 1310. The van der Waals surface area contributed by atoms with Gasteiger partial charge in [0.05, 0.1) is 23.2 Å². The lowest BCUT2D eigenvalue weighted by atomic mass is 10.1. The Kier molecular flexibility index (Phi) is 5.88. The van der Waals surface area contributed by atoms with E-state index in [0.29, 0.717) is 16.7 Å². The third-order valence-corrected chi connectivity index (χ3v) is 6.82. The molecule has 0 fully saturated rings. The maximum Gasteiger partial charge on any atom is 0.338 e. The Morgan fingerprint density at radius 3 is 2.12 bits per heavy atom. The van der Waals surface area contributed by atoms with Crippen LogP contribution in [0.2, 0.25) is 0 Å². The van der Waals surface area contributed by atoms with E-state index in [9.17, 15) is 22.8 Å². The highest BCUT2D eigenvalue weighted by atomic mass is 32.2. The lowest BCUT2D eigenvalue weighted by Gasteiger charge is -2.14. The Labute approximate surface area is 190 Å². The van der Waals surface area contributed by atoms with Gasteiger partial charge < -0.3 is 9.15 Å². The van der Waals surface area contributed by atoms with E-state index >= 15 is 0 Å². The highest BCUT2D eigenvalue weighted by molar-refractivity contribution is 7.88. The molecule has 1 aliphatic rings. The molecule has 0 aliphatic carbocycles. The smallest absolute Gasteiger partial charge is 0.338 e. The predicted molar refractivity (Wildman–Crippen MR) is 116 cm³/mol. The zero-order valence-corrected chi connectivity index (χ0v) is 18.7. The molecule has 33 heavy (non-hydrogen) atoms. The van der Waals surface area contributed by atoms with E-state index < -0.39 is 16.0 Å². The first-order valence-corrected chi connectivity index (χ1v) is 11.3. The van der Waals surface area contributed by atoms with Crippen molar-refractivity contribution in [3.63, 3.8) is 0 Å². The van der Waals surface area contributed by atoms with Crippen molar-refractivity contribution in [2.75, 3.05) is 14.1 Å². The Balaban J connectivity index is 1.37. The summed E-state index contributed by atoms with van der Waals surface area (Å²) >= 11 is 0. The highest BCUT2D eigenvalue weighted by Crippen LogP contribution is 2.24. The minimum Gasteiger partial charge on any atom is -0.454 e. The summed E-state index contributed by atoms with van der Waals surface area (Å²) in [4.78, 5) is 38.5. The van der Waals surface area contributed by atoms with Crippen LogP contribution in [0.5, 0.6) is 0 Å². The second kappa shape index (κ2) is 8.64. The predicted octanol–water partition coefficient (Wildman–Crippen LogP) is 2.68. The van der Waals surface area contributed by atoms with Gasteiger partial charge in [-0.2, -0.15) is 0 Å². The molecule has 2 amide bonds. The minimum absolute atomic E-state index is 0.0806. The van der Waals surface area contributed by atoms with Crippen LogP contribution in [0, 0.1) is 0 Å². The van der Waals surface area contributed by atoms with Gasteiger partial charge >= 0.3 is 5.97 Å². The Hall–Kier alpha value is -3.76. The van der Waals surface area contributed by atoms with Crippen LogP contribution in [-0.4, -0.2) is 49.5 Å². The number of nitrogens with zero attached hydrogens (tertiary/aromatic N) is 2. The van der Waals surface area contributed by atoms with Crippen LogP contribution in [0.15, 0.2) is 70.2 Å². The minimum atomic E-state index is -3.71. The second-order valence-corrected chi connectivity index (χ2v) is 9.61. The first kappa shape index (κ1) is 22.4. The maximum absolute atomic E-state index is 12.5. The standard InChI is InChI=1S/C23H20N2O7S/c1-24(2)33(29,30)20-12-11-17(32-20)14-31-23(28)16-9-7-15(8-10-16)13-25-21(26)18-5-3-4-6-19(18)22(25)27/h3-12H,13-14H2,1-2H3. The fraction of sp³-hybridized carbons (Fsp3) is 0.174. The molecular weight excluding hydrogens is 448 g/mol. The molecule has 0 spiro atoms. The molecule has 10 heteroatoms.